The number of amides is 2. The molecule has 0 aliphatic carbocycles. The largest absolute Gasteiger partial charge is 0.479 e. The number of halogens is 1. The Bertz CT molecular complexity index is 467. The highest BCUT2D eigenvalue weighted by Crippen LogP contribution is 2.30. The topological polar surface area (TPSA) is 104 Å². The summed E-state index contributed by atoms with van der Waals surface area (Å²) in [5, 5.41) is 10.3. The van der Waals surface area contributed by atoms with Crippen molar-refractivity contribution in [1.82, 2.24) is 10.2 Å². The monoisotopic (exact) mass is 308 g/mol. The lowest BCUT2D eigenvalue weighted by atomic mass is 9.99. The molecule has 0 saturated carbocycles. The predicted molar refractivity (Wildman–Crippen MR) is 68.5 cm³/mol. The van der Waals surface area contributed by atoms with Crippen molar-refractivity contribution in [3.05, 3.63) is 12.2 Å². The third-order valence-corrected chi connectivity index (χ3v) is 4.03. The van der Waals surface area contributed by atoms with Gasteiger partial charge >= 0.3 is 5.97 Å². The number of carbonyl (C=O) groups excluding carboxylic acids is 2. The van der Waals surface area contributed by atoms with Crippen LogP contribution >= 0.6 is 10.7 Å². The lowest BCUT2D eigenvalue weighted by Gasteiger charge is -2.47. The molecule has 19 heavy (non-hydrogen) atoms. The van der Waals surface area contributed by atoms with E-state index in [9.17, 15) is 18.6 Å². The van der Waals surface area contributed by atoms with Crippen LogP contribution in [0.3, 0.4) is 0 Å². The summed E-state index contributed by atoms with van der Waals surface area (Å²) in [4.78, 5) is 34.8. The summed E-state index contributed by atoms with van der Waals surface area (Å²) in [6, 6.07) is -2.39. The Morgan fingerprint density at radius 1 is 1.53 bits per heavy atom. The molecule has 1 rings (SSSR count). The van der Waals surface area contributed by atoms with Crippen molar-refractivity contribution in [2.24, 2.45) is 0 Å². The number of likely N-dealkylation sites (tertiary alicyclic amines) is 1. The average molecular weight is 309 g/mol. The Morgan fingerprint density at radius 3 is 2.37 bits per heavy atom. The lowest BCUT2D eigenvalue weighted by molar-refractivity contribution is -0.159. The third kappa shape index (κ3) is 2.95. The summed E-state index contributed by atoms with van der Waals surface area (Å²) in [5.41, 5.74) is 0.203. The van der Waals surface area contributed by atoms with Gasteiger partial charge < -0.3 is 15.3 Å². The van der Waals surface area contributed by atoms with Gasteiger partial charge in [0.2, 0.25) is 11.8 Å². The van der Waals surface area contributed by atoms with Gasteiger partial charge in [-0.3, -0.25) is 9.59 Å². The van der Waals surface area contributed by atoms with E-state index in [2.05, 4.69) is 11.9 Å². The zero-order valence-corrected chi connectivity index (χ0v) is 11.8. The summed E-state index contributed by atoms with van der Waals surface area (Å²) in [6.07, 6.45) is 0. The van der Waals surface area contributed by atoms with E-state index in [0.717, 1.165) is 4.90 Å². The van der Waals surface area contributed by atoms with E-state index in [1.807, 2.05) is 0 Å². The fourth-order valence-electron chi connectivity index (χ4n) is 1.88. The van der Waals surface area contributed by atoms with Crippen LogP contribution in [0.15, 0.2) is 12.2 Å². The van der Waals surface area contributed by atoms with E-state index < -0.39 is 45.3 Å². The molecule has 1 aliphatic rings. The molecule has 7 nitrogen and oxygen atoms in total. The molecular formula is C10H13ClN2O5S. The summed E-state index contributed by atoms with van der Waals surface area (Å²) in [6.45, 7) is 6.12. The van der Waals surface area contributed by atoms with E-state index in [1.165, 1.54) is 13.8 Å². The van der Waals surface area contributed by atoms with E-state index in [1.54, 1.807) is 0 Å². The van der Waals surface area contributed by atoms with Crippen molar-refractivity contribution in [2.75, 3.05) is 0 Å². The zero-order chi connectivity index (χ0) is 14.9. The van der Waals surface area contributed by atoms with Crippen LogP contribution < -0.4 is 5.32 Å². The Hall–Kier alpha value is -1.41. The maximum Gasteiger partial charge on any atom is 0.330 e. The summed E-state index contributed by atoms with van der Waals surface area (Å²) in [5.74, 6) is -2.44. The first kappa shape index (κ1) is 15.6. The van der Waals surface area contributed by atoms with E-state index >= 15 is 0 Å². The van der Waals surface area contributed by atoms with Crippen LogP contribution in [0.4, 0.5) is 0 Å². The van der Waals surface area contributed by atoms with Gasteiger partial charge in [-0.15, -0.1) is 0 Å². The fraction of sp³-hybridized carbons (Fsp3) is 0.500. The van der Waals surface area contributed by atoms with Gasteiger partial charge in [0.25, 0.3) is 0 Å². The van der Waals surface area contributed by atoms with Crippen LogP contribution in [0.2, 0.25) is 0 Å². The van der Waals surface area contributed by atoms with Crippen LogP contribution in [0, 0.1) is 0 Å². The minimum absolute atomic E-state index is 0.203. The molecule has 2 N–H and O–H groups in total. The first-order chi connectivity index (χ1) is 8.68. The zero-order valence-electron chi connectivity index (χ0n) is 10.3. The van der Waals surface area contributed by atoms with Crippen LogP contribution in [0.1, 0.15) is 13.8 Å². The van der Waals surface area contributed by atoms with E-state index in [0.29, 0.717) is 0 Å². The maximum absolute atomic E-state index is 11.9. The number of β-lactam (4-membered cyclic amide) rings is 1. The quantitative estimate of drug-likeness (QED) is 0.408. The highest BCUT2D eigenvalue weighted by atomic mass is 35.7. The number of hydrogen-bond acceptors (Lipinski definition) is 4. The third-order valence-electron chi connectivity index (χ3n) is 2.61. The Labute approximate surface area is 116 Å². The van der Waals surface area contributed by atoms with Gasteiger partial charge in [0.05, 0.1) is 0 Å². The number of rotatable bonds is 5. The smallest absolute Gasteiger partial charge is 0.330 e. The molecule has 1 saturated heterocycles. The molecular weight excluding hydrogens is 296 g/mol. The van der Waals surface area contributed by atoms with Crippen molar-refractivity contribution >= 4 is 38.5 Å². The molecule has 9 heteroatoms. The molecule has 4 unspecified atom stereocenters. The SMILES string of the molecule is C=C(C)C(C(=O)O)N1C(=O)C(NC(C)=O)C1S(=O)Cl. The standard InChI is InChI=1S/C10H13ClN2O5S/c1-4(2)7(10(16)17)13-8(15)6(12-5(3)14)9(13)19(11)18/h6-7,9H,1H2,2-3H3,(H,12,14)(H,16,17). The Balaban J connectivity index is 3.05. The molecule has 0 bridgehead atoms. The first-order valence-corrected chi connectivity index (χ1v) is 7.26. The highest BCUT2D eigenvalue weighted by Gasteiger charge is 2.55. The van der Waals surface area contributed by atoms with Gasteiger partial charge in [-0.25, -0.2) is 9.00 Å². The molecule has 0 aromatic carbocycles. The number of hydrogen-bond donors (Lipinski definition) is 2. The molecule has 0 aromatic heterocycles. The second kappa shape index (κ2) is 5.70. The summed E-state index contributed by atoms with van der Waals surface area (Å²) < 4.78 is 11.4. The first-order valence-electron chi connectivity index (χ1n) is 5.22. The van der Waals surface area contributed by atoms with Gasteiger partial charge in [0.1, 0.15) is 16.1 Å². The molecule has 4 atom stereocenters. The van der Waals surface area contributed by atoms with Crippen molar-refractivity contribution in [3.8, 4) is 0 Å². The fourth-order valence-corrected chi connectivity index (χ4v) is 3.24. The van der Waals surface area contributed by atoms with Crippen molar-refractivity contribution in [3.63, 3.8) is 0 Å². The van der Waals surface area contributed by atoms with Crippen LogP contribution in [-0.2, 0) is 24.4 Å². The van der Waals surface area contributed by atoms with Crippen LogP contribution in [0.25, 0.3) is 0 Å². The molecule has 0 aromatic rings. The average Bonchev–Trinajstić information content (AvgIpc) is 2.24. The number of carbonyl (C=O) groups is 3. The predicted octanol–water partition coefficient (Wildman–Crippen LogP) is -0.409. The van der Waals surface area contributed by atoms with Crippen LogP contribution in [0.5, 0.6) is 0 Å². The highest BCUT2D eigenvalue weighted by molar-refractivity contribution is 8.08. The second-order valence-corrected chi connectivity index (χ2v) is 6.04. The van der Waals surface area contributed by atoms with Gasteiger partial charge in [-0.1, -0.05) is 6.58 Å². The lowest BCUT2D eigenvalue weighted by Crippen LogP contribution is -2.74. The molecule has 1 fully saturated rings. The van der Waals surface area contributed by atoms with Gasteiger partial charge in [0, 0.05) is 6.92 Å². The van der Waals surface area contributed by atoms with Crippen molar-refractivity contribution in [2.45, 2.75) is 31.3 Å². The Morgan fingerprint density at radius 2 is 2.05 bits per heavy atom. The van der Waals surface area contributed by atoms with E-state index in [-0.39, 0.29) is 5.57 Å². The second-order valence-electron chi connectivity index (χ2n) is 4.15. The maximum atomic E-state index is 11.9. The molecule has 0 radical (unpaired) electrons. The number of carboxylic acids is 1. The Kier molecular flexibility index (Phi) is 4.70. The molecule has 2 amide bonds. The van der Waals surface area contributed by atoms with Crippen molar-refractivity contribution < 1.29 is 23.7 Å². The van der Waals surface area contributed by atoms with Gasteiger partial charge in [-0.05, 0) is 23.2 Å². The minimum Gasteiger partial charge on any atom is -0.479 e. The summed E-state index contributed by atoms with van der Waals surface area (Å²) >= 11 is 0. The number of aliphatic carboxylic acids is 1. The van der Waals surface area contributed by atoms with E-state index in [4.69, 9.17) is 15.8 Å². The van der Waals surface area contributed by atoms with Crippen molar-refractivity contribution in [1.29, 1.82) is 0 Å². The molecule has 1 heterocycles. The minimum atomic E-state index is -2.02. The molecule has 0 spiro atoms. The number of nitrogens with zero attached hydrogens (tertiary/aromatic N) is 1. The van der Waals surface area contributed by atoms with Crippen LogP contribution in [-0.4, -0.2) is 49.5 Å². The summed E-state index contributed by atoms with van der Waals surface area (Å²) in [7, 11) is 3.46. The number of nitrogens with one attached hydrogen (secondary N) is 1. The molecule has 1 aliphatic heterocycles. The number of carboxylic acid groups (broad SMARTS) is 1. The molecule has 106 valence electrons. The van der Waals surface area contributed by atoms with Gasteiger partial charge in [0.15, 0.2) is 11.4 Å². The normalized spacial score (nSPS) is 25.2. The van der Waals surface area contributed by atoms with Gasteiger partial charge in [-0.2, -0.15) is 0 Å².